The van der Waals surface area contributed by atoms with Crippen molar-refractivity contribution in [3.05, 3.63) is 28.7 Å². The molecular weight excluding hydrogens is 424 g/mol. The Balaban J connectivity index is 1.89. The first-order valence-electron chi connectivity index (χ1n) is 8.60. The van der Waals surface area contributed by atoms with E-state index in [0.717, 1.165) is 0 Å². The molecule has 1 unspecified atom stereocenters. The van der Waals surface area contributed by atoms with E-state index in [4.69, 9.17) is 9.47 Å². The minimum Gasteiger partial charge on any atom is -0.379 e. The summed E-state index contributed by atoms with van der Waals surface area (Å²) in [5.74, 6) is -0.124. The molecule has 2 rings (SSSR count). The Kier molecular flexibility index (Phi) is 8.03. The van der Waals surface area contributed by atoms with Crippen LogP contribution >= 0.6 is 15.9 Å². The van der Waals surface area contributed by atoms with Crippen molar-refractivity contribution < 1.29 is 22.7 Å². The molecule has 0 aromatic heterocycles. The quantitative estimate of drug-likeness (QED) is 0.565. The van der Waals surface area contributed by atoms with Crippen molar-refractivity contribution in [2.24, 2.45) is 0 Å². The highest BCUT2D eigenvalue weighted by Crippen LogP contribution is 2.21. The summed E-state index contributed by atoms with van der Waals surface area (Å²) in [7, 11) is -3.56. The van der Waals surface area contributed by atoms with E-state index in [1.165, 1.54) is 4.31 Å². The van der Waals surface area contributed by atoms with Gasteiger partial charge in [-0.15, -0.1) is 0 Å². The van der Waals surface area contributed by atoms with Gasteiger partial charge in [0.15, 0.2) is 0 Å². The molecule has 1 amide bonds. The van der Waals surface area contributed by atoms with Gasteiger partial charge >= 0.3 is 0 Å². The zero-order valence-corrected chi connectivity index (χ0v) is 17.5. The van der Waals surface area contributed by atoms with Crippen LogP contribution in [0.2, 0.25) is 0 Å². The third-order valence-electron chi connectivity index (χ3n) is 4.13. The van der Waals surface area contributed by atoms with Crippen molar-refractivity contribution in [1.82, 2.24) is 9.21 Å². The van der Waals surface area contributed by atoms with Crippen LogP contribution in [-0.4, -0.2) is 75.6 Å². The topological polar surface area (TPSA) is 76.2 Å². The predicted octanol–water partition coefficient (Wildman–Crippen LogP) is 1.72. The lowest BCUT2D eigenvalue weighted by Gasteiger charge is -2.35. The van der Waals surface area contributed by atoms with Gasteiger partial charge in [0, 0.05) is 37.3 Å². The van der Waals surface area contributed by atoms with E-state index in [9.17, 15) is 13.2 Å². The number of rotatable bonds is 8. The van der Waals surface area contributed by atoms with Crippen molar-refractivity contribution in [2.75, 3.05) is 46.0 Å². The monoisotopic (exact) mass is 448 g/mol. The van der Waals surface area contributed by atoms with Gasteiger partial charge in [-0.05, 0) is 32.0 Å². The lowest BCUT2D eigenvalue weighted by molar-refractivity contribution is -0.144. The molecule has 0 saturated carbocycles. The highest BCUT2D eigenvalue weighted by atomic mass is 79.9. The van der Waals surface area contributed by atoms with Gasteiger partial charge in [-0.25, -0.2) is 8.42 Å². The number of carbonyl (C=O) groups excluding carboxylic acids is 1. The molecule has 0 spiro atoms. The fourth-order valence-corrected chi connectivity index (χ4v) is 4.70. The largest absolute Gasteiger partial charge is 0.379 e. The summed E-state index contributed by atoms with van der Waals surface area (Å²) < 4.78 is 38.2. The summed E-state index contributed by atoms with van der Waals surface area (Å²) in [5, 5.41) is 0. The molecule has 146 valence electrons. The molecule has 0 bridgehead atoms. The van der Waals surface area contributed by atoms with Crippen LogP contribution in [-0.2, 0) is 24.3 Å². The van der Waals surface area contributed by atoms with E-state index >= 15 is 0 Å². The predicted molar refractivity (Wildman–Crippen MR) is 101 cm³/mol. The lowest BCUT2D eigenvalue weighted by Crippen LogP contribution is -2.52. The van der Waals surface area contributed by atoms with Crippen LogP contribution in [0.3, 0.4) is 0 Å². The summed E-state index contributed by atoms with van der Waals surface area (Å²) in [6, 6.07) is 6.63. The molecule has 7 nitrogen and oxygen atoms in total. The molecule has 1 saturated heterocycles. The molecular formula is C17H25BrN2O5S. The van der Waals surface area contributed by atoms with Crippen molar-refractivity contribution in [2.45, 2.75) is 24.8 Å². The molecule has 1 fully saturated rings. The number of sulfonamides is 1. The van der Waals surface area contributed by atoms with Crippen LogP contribution in [0.4, 0.5) is 0 Å². The molecule has 0 N–H and O–H groups in total. The number of hydrogen-bond acceptors (Lipinski definition) is 5. The van der Waals surface area contributed by atoms with Crippen LogP contribution < -0.4 is 0 Å². The SMILES string of the molecule is CCOCCOC(C)C(=O)N1CCN(S(=O)(=O)c2cccc(Br)c2)CC1. The molecule has 1 aromatic rings. The summed E-state index contributed by atoms with van der Waals surface area (Å²) >= 11 is 3.29. The van der Waals surface area contributed by atoms with Gasteiger partial charge in [0.25, 0.3) is 5.91 Å². The number of carbonyl (C=O) groups is 1. The zero-order valence-electron chi connectivity index (χ0n) is 15.1. The van der Waals surface area contributed by atoms with Gasteiger partial charge in [-0.2, -0.15) is 4.31 Å². The molecule has 1 aliphatic rings. The Bertz CT molecular complexity index is 705. The number of halogens is 1. The Morgan fingerprint density at radius 1 is 1.23 bits per heavy atom. The van der Waals surface area contributed by atoms with Crippen LogP contribution in [0.25, 0.3) is 0 Å². The van der Waals surface area contributed by atoms with Crippen molar-refractivity contribution in [1.29, 1.82) is 0 Å². The van der Waals surface area contributed by atoms with Crippen LogP contribution in [0.5, 0.6) is 0 Å². The number of hydrogen-bond donors (Lipinski definition) is 0. The van der Waals surface area contributed by atoms with Crippen LogP contribution in [0.15, 0.2) is 33.6 Å². The number of piperazine rings is 1. The molecule has 1 aliphatic heterocycles. The number of benzene rings is 1. The second-order valence-electron chi connectivity index (χ2n) is 5.90. The normalized spacial score (nSPS) is 17.3. The third-order valence-corrected chi connectivity index (χ3v) is 6.52. The van der Waals surface area contributed by atoms with Crippen molar-refractivity contribution in [3.8, 4) is 0 Å². The van der Waals surface area contributed by atoms with Crippen molar-refractivity contribution in [3.63, 3.8) is 0 Å². The van der Waals surface area contributed by atoms with E-state index in [2.05, 4.69) is 15.9 Å². The van der Waals surface area contributed by atoms with Crippen molar-refractivity contribution >= 4 is 31.9 Å². The van der Waals surface area contributed by atoms with E-state index in [1.807, 2.05) is 6.92 Å². The highest BCUT2D eigenvalue weighted by Gasteiger charge is 2.31. The van der Waals surface area contributed by atoms with Gasteiger partial charge in [0.05, 0.1) is 18.1 Å². The average molecular weight is 449 g/mol. The Hall–Kier alpha value is -1.00. The number of nitrogens with zero attached hydrogens (tertiary/aromatic N) is 2. The summed E-state index contributed by atoms with van der Waals surface area (Å²) in [5.41, 5.74) is 0. The Morgan fingerprint density at radius 3 is 2.54 bits per heavy atom. The average Bonchev–Trinajstić information content (AvgIpc) is 2.64. The molecule has 0 aliphatic carbocycles. The molecule has 1 heterocycles. The Labute approximate surface area is 163 Å². The first-order chi connectivity index (χ1) is 12.4. The third kappa shape index (κ3) is 5.50. The maximum atomic E-state index is 12.7. The summed E-state index contributed by atoms with van der Waals surface area (Å²) in [6.45, 7) is 6.27. The first kappa shape index (κ1) is 21.3. The molecule has 26 heavy (non-hydrogen) atoms. The molecule has 1 aromatic carbocycles. The van der Waals surface area contributed by atoms with Gasteiger partial charge in [0.1, 0.15) is 6.10 Å². The summed E-state index contributed by atoms with van der Waals surface area (Å²) in [4.78, 5) is 14.3. The van der Waals surface area contributed by atoms with E-state index in [0.29, 0.717) is 37.4 Å². The fraction of sp³-hybridized carbons (Fsp3) is 0.588. The molecule has 1 atom stereocenters. The van der Waals surface area contributed by atoms with Crippen LogP contribution in [0.1, 0.15) is 13.8 Å². The van der Waals surface area contributed by atoms with Gasteiger partial charge in [0.2, 0.25) is 10.0 Å². The van der Waals surface area contributed by atoms with E-state index in [1.54, 1.807) is 36.1 Å². The van der Waals surface area contributed by atoms with Gasteiger partial charge < -0.3 is 14.4 Å². The first-order valence-corrected chi connectivity index (χ1v) is 10.8. The zero-order chi connectivity index (χ0) is 19.2. The van der Waals surface area contributed by atoms with E-state index < -0.39 is 16.1 Å². The highest BCUT2D eigenvalue weighted by molar-refractivity contribution is 9.10. The van der Waals surface area contributed by atoms with Gasteiger partial charge in [-0.3, -0.25) is 4.79 Å². The van der Waals surface area contributed by atoms with Gasteiger partial charge in [-0.1, -0.05) is 22.0 Å². The van der Waals surface area contributed by atoms with E-state index in [-0.39, 0.29) is 23.9 Å². The second kappa shape index (κ2) is 9.80. The lowest BCUT2D eigenvalue weighted by atomic mass is 10.3. The molecule has 9 heteroatoms. The molecule has 0 radical (unpaired) electrons. The smallest absolute Gasteiger partial charge is 0.251 e. The fourth-order valence-electron chi connectivity index (χ4n) is 2.68. The number of amides is 1. The minimum absolute atomic E-state index is 0.124. The van der Waals surface area contributed by atoms with Crippen LogP contribution in [0, 0.1) is 0 Å². The Morgan fingerprint density at radius 2 is 1.92 bits per heavy atom. The maximum absolute atomic E-state index is 12.7. The summed E-state index contributed by atoms with van der Waals surface area (Å²) in [6.07, 6.45) is -0.566. The second-order valence-corrected chi connectivity index (χ2v) is 8.75. The number of ether oxygens (including phenoxy) is 2. The standard InChI is InChI=1S/C17H25BrN2O5S/c1-3-24-11-12-25-14(2)17(21)19-7-9-20(10-8-19)26(22,23)16-6-4-5-15(18)13-16/h4-6,13-14H,3,7-12H2,1-2H3. The maximum Gasteiger partial charge on any atom is 0.251 e. The minimum atomic E-state index is -3.56.